The fourth-order valence-corrected chi connectivity index (χ4v) is 3.08. The summed E-state index contributed by atoms with van der Waals surface area (Å²) in [6, 6.07) is 14.1. The van der Waals surface area contributed by atoms with Crippen LogP contribution in [0.1, 0.15) is 40.4 Å². The van der Waals surface area contributed by atoms with Crippen molar-refractivity contribution in [2.24, 2.45) is 5.10 Å². The van der Waals surface area contributed by atoms with Crippen molar-refractivity contribution in [2.75, 3.05) is 0 Å². The highest BCUT2D eigenvalue weighted by molar-refractivity contribution is 6.01. The minimum atomic E-state index is -0.537. The summed E-state index contributed by atoms with van der Waals surface area (Å²) >= 11 is 0. The molecule has 0 aromatic heterocycles. The SMILES string of the molecule is C=Cc1cc(/C=N/NC(=O)c2cc3ccccc3cc2O)c(O)cc1CCC. The number of phenols is 2. The van der Waals surface area contributed by atoms with Gasteiger partial charge in [0.2, 0.25) is 0 Å². The number of carbonyl (C=O) groups excluding carboxylic acids is 1. The van der Waals surface area contributed by atoms with Crippen LogP contribution < -0.4 is 5.43 Å². The number of hydrogen-bond donors (Lipinski definition) is 3. The van der Waals surface area contributed by atoms with Crippen LogP contribution in [-0.4, -0.2) is 22.3 Å². The largest absolute Gasteiger partial charge is 0.507 e. The minimum Gasteiger partial charge on any atom is -0.507 e. The molecule has 3 aromatic rings. The van der Waals surface area contributed by atoms with E-state index >= 15 is 0 Å². The Morgan fingerprint density at radius 2 is 1.79 bits per heavy atom. The highest BCUT2D eigenvalue weighted by Gasteiger charge is 2.12. The van der Waals surface area contributed by atoms with Gasteiger partial charge in [0.1, 0.15) is 11.5 Å². The van der Waals surface area contributed by atoms with Gasteiger partial charge >= 0.3 is 0 Å². The van der Waals surface area contributed by atoms with Gasteiger partial charge in [-0.05, 0) is 52.6 Å². The van der Waals surface area contributed by atoms with Crippen LogP contribution >= 0.6 is 0 Å². The van der Waals surface area contributed by atoms with Gasteiger partial charge in [-0.1, -0.05) is 50.3 Å². The summed E-state index contributed by atoms with van der Waals surface area (Å²) in [5.41, 5.74) is 4.92. The molecule has 3 rings (SSSR count). The number of aryl methyl sites for hydroxylation is 1. The molecule has 3 aromatic carbocycles. The quantitative estimate of drug-likeness (QED) is 0.435. The van der Waals surface area contributed by atoms with Gasteiger partial charge in [0.25, 0.3) is 5.91 Å². The van der Waals surface area contributed by atoms with Crippen LogP contribution in [0.15, 0.2) is 60.2 Å². The molecule has 0 aliphatic rings. The predicted octanol–water partition coefficient (Wildman–Crippen LogP) is 4.61. The van der Waals surface area contributed by atoms with Crippen LogP contribution in [0.4, 0.5) is 0 Å². The van der Waals surface area contributed by atoms with E-state index in [1.807, 2.05) is 24.3 Å². The highest BCUT2D eigenvalue weighted by atomic mass is 16.3. The summed E-state index contributed by atoms with van der Waals surface area (Å²) in [6.45, 7) is 5.87. The minimum absolute atomic E-state index is 0.0839. The number of rotatable bonds is 6. The van der Waals surface area contributed by atoms with Crippen LogP contribution in [0.3, 0.4) is 0 Å². The molecule has 0 fully saturated rings. The summed E-state index contributed by atoms with van der Waals surface area (Å²) in [4.78, 5) is 12.4. The fraction of sp³-hybridized carbons (Fsp3) is 0.130. The molecular weight excluding hydrogens is 352 g/mol. The summed E-state index contributed by atoms with van der Waals surface area (Å²) < 4.78 is 0. The zero-order valence-corrected chi connectivity index (χ0v) is 15.6. The van der Waals surface area contributed by atoms with Gasteiger partial charge in [-0.25, -0.2) is 5.43 Å². The number of hydrazone groups is 1. The van der Waals surface area contributed by atoms with Gasteiger partial charge in [-0.2, -0.15) is 5.10 Å². The third-order valence-electron chi connectivity index (χ3n) is 4.51. The molecule has 0 saturated carbocycles. The van der Waals surface area contributed by atoms with Gasteiger partial charge in [0.15, 0.2) is 0 Å². The van der Waals surface area contributed by atoms with E-state index in [0.717, 1.165) is 34.7 Å². The van der Waals surface area contributed by atoms with E-state index in [1.54, 1.807) is 30.3 Å². The predicted molar refractivity (Wildman–Crippen MR) is 113 cm³/mol. The first-order valence-corrected chi connectivity index (χ1v) is 9.07. The first kappa shape index (κ1) is 19.2. The second-order valence-electron chi connectivity index (χ2n) is 6.48. The molecule has 3 N–H and O–H groups in total. The molecule has 0 heterocycles. The van der Waals surface area contributed by atoms with Crippen molar-refractivity contribution in [1.29, 1.82) is 0 Å². The molecule has 142 valence electrons. The summed E-state index contributed by atoms with van der Waals surface area (Å²) in [6.07, 6.45) is 4.89. The van der Waals surface area contributed by atoms with Gasteiger partial charge in [0, 0.05) is 5.56 Å². The Balaban J connectivity index is 1.80. The van der Waals surface area contributed by atoms with E-state index in [0.29, 0.717) is 5.56 Å². The van der Waals surface area contributed by atoms with Crippen LogP contribution in [0.25, 0.3) is 16.8 Å². The molecule has 5 nitrogen and oxygen atoms in total. The second kappa shape index (κ2) is 8.39. The molecule has 0 aliphatic carbocycles. The summed E-state index contributed by atoms with van der Waals surface area (Å²) in [5.74, 6) is -0.571. The molecule has 0 saturated heterocycles. The number of carbonyl (C=O) groups is 1. The average Bonchev–Trinajstić information content (AvgIpc) is 2.69. The van der Waals surface area contributed by atoms with Crippen molar-refractivity contribution in [1.82, 2.24) is 5.43 Å². The number of benzene rings is 3. The Labute approximate surface area is 163 Å². The molecule has 1 amide bonds. The summed E-state index contributed by atoms with van der Waals surface area (Å²) in [7, 11) is 0. The van der Waals surface area contributed by atoms with Crippen molar-refractivity contribution < 1.29 is 15.0 Å². The zero-order valence-electron chi connectivity index (χ0n) is 15.6. The number of nitrogens with one attached hydrogen (secondary N) is 1. The maximum Gasteiger partial charge on any atom is 0.275 e. The summed E-state index contributed by atoms with van der Waals surface area (Å²) in [5, 5.41) is 25.9. The van der Waals surface area contributed by atoms with Crippen LogP contribution in [0.2, 0.25) is 0 Å². The van der Waals surface area contributed by atoms with Crippen molar-refractivity contribution in [3.8, 4) is 11.5 Å². The molecule has 5 heteroatoms. The normalized spacial score (nSPS) is 11.0. The highest BCUT2D eigenvalue weighted by Crippen LogP contribution is 2.25. The molecule has 0 atom stereocenters. The topological polar surface area (TPSA) is 81.9 Å². The lowest BCUT2D eigenvalue weighted by Gasteiger charge is -2.08. The van der Waals surface area contributed by atoms with Gasteiger partial charge in [0.05, 0.1) is 11.8 Å². The molecule has 0 radical (unpaired) electrons. The van der Waals surface area contributed by atoms with Crippen LogP contribution in [0.5, 0.6) is 11.5 Å². The first-order chi connectivity index (χ1) is 13.5. The van der Waals surface area contributed by atoms with Gasteiger partial charge in [-0.15, -0.1) is 0 Å². The Morgan fingerprint density at radius 1 is 1.07 bits per heavy atom. The van der Waals surface area contributed by atoms with E-state index < -0.39 is 5.91 Å². The number of fused-ring (bicyclic) bond motifs is 1. The Kier molecular flexibility index (Phi) is 5.75. The molecular formula is C23H22N2O3. The van der Waals surface area contributed by atoms with E-state index in [-0.39, 0.29) is 17.1 Å². The Morgan fingerprint density at radius 3 is 2.46 bits per heavy atom. The number of hydrogen-bond acceptors (Lipinski definition) is 4. The molecule has 0 aliphatic heterocycles. The number of aromatic hydroxyl groups is 2. The number of amides is 1. The molecule has 28 heavy (non-hydrogen) atoms. The van der Waals surface area contributed by atoms with E-state index in [2.05, 4.69) is 24.0 Å². The Hall–Kier alpha value is -3.60. The molecule has 0 bridgehead atoms. The monoisotopic (exact) mass is 374 g/mol. The molecule has 0 unspecified atom stereocenters. The lowest BCUT2D eigenvalue weighted by atomic mass is 10.00. The van der Waals surface area contributed by atoms with E-state index in [1.165, 1.54) is 6.21 Å². The fourth-order valence-electron chi connectivity index (χ4n) is 3.08. The zero-order chi connectivity index (χ0) is 20.1. The van der Waals surface area contributed by atoms with Crippen molar-refractivity contribution in [3.05, 3.63) is 77.4 Å². The van der Waals surface area contributed by atoms with Gasteiger partial charge < -0.3 is 10.2 Å². The van der Waals surface area contributed by atoms with Gasteiger partial charge in [-0.3, -0.25) is 4.79 Å². The Bertz CT molecular complexity index is 1070. The van der Waals surface area contributed by atoms with E-state index in [9.17, 15) is 15.0 Å². The van der Waals surface area contributed by atoms with Crippen LogP contribution in [0, 0.1) is 0 Å². The third-order valence-corrected chi connectivity index (χ3v) is 4.51. The maximum absolute atomic E-state index is 12.4. The van der Waals surface area contributed by atoms with Crippen LogP contribution in [-0.2, 0) is 6.42 Å². The number of nitrogens with zero attached hydrogens (tertiary/aromatic N) is 1. The van der Waals surface area contributed by atoms with Crippen molar-refractivity contribution in [3.63, 3.8) is 0 Å². The average molecular weight is 374 g/mol. The first-order valence-electron chi connectivity index (χ1n) is 9.07. The lowest BCUT2D eigenvalue weighted by Crippen LogP contribution is -2.17. The lowest BCUT2D eigenvalue weighted by molar-refractivity contribution is 0.0952. The van der Waals surface area contributed by atoms with Crippen molar-refractivity contribution in [2.45, 2.75) is 19.8 Å². The van der Waals surface area contributed by atoms with E-state index in [4.69, 9.17) is 0 Å². The molecule has 0 spiro atoms. The standard InChI is InChI=1S/C23H22N2O3/c1-3-7-16-12-21(26)19(10-15(16)4-2)14-24-25-23(28)20-11-17-8-5-6-9-18(17)13-22(20)27/h4-6,8-14,26-27H,2-3,7H2,1H3,(H,25,28)/b24-14+. The smallest absolute Gasteiger partial charge is 0.275 e. The maximum atomic E-state index is 12.4. The number of phenolic OH excluding ortho intramolecular Hbond substituents is 2. The van der Waals surface area contributed by atoms with Crippen molar-refractivity contribution >= 4 is 29.0 Å². The third kappa shape index (κ3) is 4.04. The second-order valence-corrected chi connectivity index (χ2v) is 6.48.